The summed E-state index contributed by atoms with van der Waals surface area (Å²) >= 11 is 6.58. The number of anilines is 2. The highest BCUT2D eigenvalue weighted by Crippen LogP contribution is 2.36. The standard InChI is InChI=1S/C16H13Br2N3O3/c17-12-3-10(4-13(18)15(12)24)21-16-11-1-8(5-22)9(6-23)2-14(11)19-7-20-16/h1-4,7,22-24H,5-6H2,(H,19,20,21). The SMILES string of the molecule is OCc1cc2ncnc(Nc3cc(Br)c(O)c(Br)c3)c2cc1CO. The number of phenols is 1. The number of benzene rings is 2. The van der Waals surface area contributed by atoms with E-state index in [0.29, 0.717) is 37.1 Å². The van der Waals surface area contributed by atoms with Crippen LogP contribution in [0.4, 0.5) is 11.5 Å². The second-order valence-corrected chi connectivity index (χ2v) is 6.80. The van der Waals surface area contributed by atoms with Gasteiger partial charge in [-0.25, -0.2) is 9.97 Å². The predicted molar refractivity (Wildman–Crippen MR) is 98.2 cm³/mol. The third-order valence-corrected chi connectivity index (χ3v) is 4.79. The number of aromatic hydroxyl groups is 1. The average Bonchev–Trinajstić information content (AvgIpc) is 2.58. The molecule has 0 fully saturated rings. The summed E-state index contributed by atoms with van der Waals surface area (Å²) in [6.07, 6.45) is 1.43. The lowest BCUT2D eigenvalue weighted by Gasteiger charge is -2.12. The van der Waals surface area contributed by atoms with E-state index in [1.54, 1.807) is 24.3 Å². The van der Waals surface area contributed by atoms with E-state index in [-0.39, 0.29) is 19.0 Å². The minimum Gasteiger partial charge on any atom is -0.506 e. The Labute approximate surface area is 154 Å². The number of aliphatic hydroxyl groups is 2. The number of hydrogen-bond donors (Lipinski definition) is 4. The zero-order valence-corrected chi connectivity index (χ0v) is 15.5. The van der Waals surface area contributed by atoms with Gasteiger partial charge in [0.15, 0.2) is 0 Å². The van der Waals surface area contributed by atoms with Crippen molar-refractivity contribution in [2.75, 3.05) is 5.32 Å². The van der Waals surface area contributed by atoms with E-state index in [2.05, 4.69) is 47.1 Å². The van der Waals surface area contributed by atoms with Crippen LogP contribution < -0.4 is 5.32 Å². The minimum absolute atomic E-state index is 0.114. The van der Waals surface area contributed by atoms with Crippen LogP contribution in [-0.4, -0.2) is 25.3 Å². The van der Waals surface area contributed by atoms with E-state index in [0.717, 1.165) is 5.39 Å². The highest BCUT2D eigenvalue weighted by atomic mass is 79.9. The molecular weight excluding hydrogens is 442 g/mol. The van der Waals surface area contributed by atoms with Gasteiger partial charge in [0.25, 0.3) is 0 Å². The largest absolute Gasteiger partial charge is 0.506 e. The summed E-state index contributed by atoms with van der Waals surface area (Å²) in [6.45, 7) is -0.354. The smallest absolute Gasteiger partial charge is 0.144 e. The maximum Gasteiger partial charge on any atom is 0.144 e. The third kappa shape index (κ3) is 3.23. The van der Waals surface area contributed by atoms with E-state index < -0.39 is 0 Å². The zero-order valence-electron chi connectivity index (χ0n) is 12.3. The number of phenolic OH excluding ortho intramolecular Hbond substituents is 1. The van der Waals surface area contributed by atoms with Gasteiger partial charge >= 0.3 is 0 Å². The number of hydrogen-bond acceptors (Lipinski definition) is 6. The van der Waals surface area contributed by atoms with E-state index in [1.165, 1.54) is 6.33 Å². The van der Waals surface area contributed by atoms with Gasteiger partial charge in [-0.05, 0) is 67.3 Å². The first-order valence-corrected chi connectivity index (χ1v) is 8.55. The van der Waals surface area contributed by atoms with Gasteiger partial charge < -0.3 is 20.6 Å². The van der Waals surface area contributed by atoms with E-state index in [1.807, 2.05) is 0 Å². The van der Waals surface area contributed by atoms with Crippen LogP contribution in [0.5, 0.6) is 5.75 Å². The van der Waals surface area contributed by atoms with Crippen LogP contribution in [0.3, 0.4) is 0 Å². The molecule has 0 aliphatic rings. The molecule has 1 aromatic heterocycles. The normalized spacial score (nSPS) is 11.0. The molecule has 124 valence electrons. The Bertz CT molecular complexity index is 895. The molecule has 0 spiro atoms. The summed E-state index contributed by atoms with van der Waals surface area (Å²) in [7, 11) is 0. The summed E-state index contributed by atoms with van der Waals surface area (Å²) in [6, 6.07) is 6.94. The molecule has 0 aliphatic carbocycles. The van der Waals surface area contributed by atoms with Crippen LogP contribution in [0.1, 0.15) is 11.1 Å². The maximum absolute atomic E-state index is 9.80. The summed E-state index contributed by atoms with van der Waals surface area (Å²) in [4.78, 5) is 8.47. The van der Waals surface area contributed by atoms with Crippen LogP contribution in [-0.2, 0) is 13.2 Å². The molecule has 0 aliphatic heterocycles. The molecule has 0 radical (unpaired) electrons. The van der Waals surface area contributed by atoms with Crippen molar-refractivity contribution < 1.29 is 15.3 Å². The number of nitrogens with zero attached hydrogens (tertiary/aromatic N) is 2. The van der Waals surface area contributed by atoms with Crippen molar-refractivity contribution >= 4 is 54.3 Å². The van der Waals surface area contributed by atoms with Crippen molar-refractivity contribution in [1.82, 2.24) is 9.97 Å². The number of aromatic nitrogens is 2. The molecule has 0 bridgehead atoms. The Morgan fingerprint density at radius 3 is 2.17 bits per heavy atom. The van der Waals surface area contributed by atoms with Crippen molar-refractivity contribution in [3.8, 4) is 5.75 Å². The monoisotopic (exact) mass is 453 g/mol. The molecule has 6 nitrogen and oxygen atoms in total. The number of nitrogens with one attached hydrogen (secondary N) is 1. The molecule has 0 saturated heterocycles. The maximum atomic E-state index is 9.80. The number of rotatable bonds is 4. The van der Waals surface area contributed by atoms with Crippen LogP contribution in [0.25, 0.3) is 10.9 Å². The van der Waals surface area contributed by atoms with E-state index >= 15 is 0 Å². The fourth-order valence-electron chi connectivity index (χ4n) is 2.36. The predicted octanol–water partition coefficient (Wildman–Crippen LogP) is 3.59. The van der Waals surface area contributed by atoms with Gasteiger partial charge in [-0.3, -0.25) is 0 Å². The van der Waals surface area contributed by atoms with E-state index in [9.17, 15) is 15.3 Å². The lowest BCUT2D eigenvalue weighted by atomic mass is 10.0. The number of fused-ring (bicyclic) bond motifs is 1. The lowest BCUT2D eigenvalue weighted by Crippen LogP contribution is -2.00. The van der Waals surface area contributed by atoms with Gasteiger partial charge in [-0.1, -0.05) is 0 Å². The third-order valence-electron chi connectivity index (χ3n) is 3.58. The number of aliphatic hydroxyl groups excluding tert-OH is 2. The van der Waals surface area contributed by atoms with Crippen molar-refractivity contribution in [2.45, 2.75) is 13.2 Å². The molecule has 24 heavy (non-hydrogen) atoms. The molecule has 0 atom stereocenters. The first kappa shape index (κ1) is 17.1. The molecule has 2 aromatic carbocycles. The number of halogens is 2. The summed E-state index contributed by atoms with van der Waals surface area (Å²) in [5.74, 6) is 0.673. The molecule has 0 saturated carbocycles. The highest BCUT2D eigenvalue weighted by Gasteiger charge is 2.11. The van der Waals surface area contributed by atoms with Crippen molar-refractivity contribution in [1.29, 1.82) is 0 Å². The van der Waals surface area contributed by atoms with Gasteiger partial charge in [-0.15, -0.1) is 0 Å². The van der Waals surface area contributed by atoms with Crippen LogP contribution >= 0.6 is 31.9 Å². The highest BCUT2D eigenvalue weighted by molar-refractivity contribution is 9.11. The second-order valence-electron chi connectivity index (χ2n) is 5.09. The van der Waals surface area contributed by atoms with Gasteiger partial charge in [0.1, 0.15) is 17.9 Å². The van der Waals surface area contributed by atoms with Crippen molar-refractivity contribution in [3.63, 3.8) is 0 Å². The molecule has 3 rings (SSSR count). The summed E-state index contributed by atoms with van der Waals surface area (Å²) < 4.78 is 1.08. The lowest BCUT2D eigenvalue weighted by molar-refractivity contribution is 0.260. The van der Waals surface area contributed by atoms with Crippen LogP contribution in [0.15, 0.2) is 39.5 Å². The quantitative estimate of drug-likeness (QED) is 0.449. The van der Waals surface area contributed by atoms with Crippen molar-refractivity contribution in [2.24, 2.45) is 0 Å². The topological polar surface area (TPSA) is 98.5 Å². The van der Waals surface area contributed by atoms with E-state index in [4.69, 9.17) is 0 Å². The summed E-state index contributed by atoms with van der Waals surface area (Å²) in [5, 5.41) is 32.6. The minimum atomic E-state index is -0.184. The molecule has 1 heterocycles. The molecule has 0 amide bonds. The molecular formula is C16H13Br2N3O3. The molecule has 4 N–H and O–H groups in total. The first-order chi connectivity index (χ1) is 11.5. The van der Waals surface area contributed by atoms with Gasteiger partial charge in [-0.2, -0.15) is 0 Å². The Morgan fingerprint density at radius 2 is 1.54 bits per heavy atom. The Hall–Kier alpha value is -1.74. The Morgan fingerprint density at radius 1 is 0.917 bits per heavy atom. The van der Waals surface area contributed by atoms with Gasteiger partial charge in [0.2, 0.25) is 0 Å². The fraction of sp³-hybridized carbons (Fsp3) is 0.125. The Balaban J connectivity index is 2.09. The first-order valence-electron chi connectivity index (χ1n) is 6.96. The fourth-order valence-corrected chi connectivity index (χ4v) is 3.55. The Kier molecular flexibility index (Phi) is 5.00. The molecule has 0 unspecified atom stereocenters. The average molecular weight is 455 g/mol. The molecule has 3 aromatic rings. The van der Waals surface area contributed by atoms with Crippen LogP contribution in [0.2, 0.25) is 0 Å². The molecule has 8 heteroatoms. The van der Waals surface area contributed by atoms with Crippen LogP contribution in [0, 0.1) is 0 Å². The second kappa shape index (κ2) is 7.02. The zero-order chi connectivity index (χ0) is 17.3. The van der Waals surface area contributed by atoms with Gasteiger partial charge in [0, 0.05) is 11.1 Å². The van der Waals surface area contributed by atoms with Gasteiger partial charge in [0.05, 0.1) is 27.7 Å². The van der Waals surface area contributed by atoms with Crippen molar-refractivity contribution in [3.05, 3.63) is 50.7 Å². The summed E-state index contributed by atoms with van der Waals surface area (Å²) in [5.41, 5.74) is 2.62.